The first kappa shape index (κ1) is 66.6. The summed E-state index contributed by atoms with van der Waals surface area (Å²) in [5, 5.41) is 23.1. The lowest BCUT2D eigenvalue weighted by atomic mass is 10.0. The van der Waals surface area contributed by atoms with Crippen molar-refractivity contribution in [1.29, 1.82) is 0 Å². The van der Waals surface area contributed by atoms with Crippen molar-refractivity contribution >= 4 is 11.9 Å². The van der Waals surface area contributed by atoms with Gasteiger partial charge >= 0.3 is 5.97 Å². The highest BCUT2D eigenvalue weighted by Gasteiger charge is 2.18. The number of aliphatic hydroxyl groups is 2. The Balaban J connectivity index is 3.39. The predicted octanol–water partition coefficient (Wildman–Crippen LogP) is 19.2. The molecule has 0 rings (SSSR count). The van der Waals surface area contributed by atoms with Crippen LogP contribution in [0.3, 0.4) is 0 Å². The van der Waals surface area contributed by atoms with Gasteiger partial charge in [-0.2, -0.15) is 0 Å². The molecule has 0 fully saturated rings. The standard InChI is InChI=1S/C62H121NO5/c1-3-5-7-9-11-13-15-16-17-28-31-35-38-42-46-50-54-60(65)59(58-64)63-61(66)55-51-47-43-39-36-32-29-26-24-22-20-18-19-21-23-25-27-30-33-37-41-45-49-53-57-68-62(67)56-52-48-44-40-34-14-12-10-8-6-4-2/h50,54,59-60,64-65H,3-49,51-53,55-58H2,1-2H3,(H,63,66)/b54-50+. The summed E-state index contributed by atoms with van der Waals surface area (Å²) in [4.78, 5) is 24.5. The van der Waals surface area contributed by atoms with Crippen LogP contribution >= 0.6 is 0 Å². The van der Waals surface area contributed by atoms with Gasteiger partial charge in [0.05, 0.1) is 25.4 Å². The molecule has 0 aromatic rings. The number of rotatable bonds is 58. The fraction of sp³-hybridized carbons (Fsp3) is 0.935. The van der Waals surface area contributed by atoms with E-state index in [4.69, 9.17) is 4.74 Å². The molecule has 0 aromatic heterocycles. The number of unbranched alkanes of at least 4 members (excludes halogenated alkanes) is 47. The van der Waals surface area contributed by atoms with Gasteiger partial charge in [-0.1, -0.05) is 315 Å². The molecule has 2 atom stereocenters. The van der Waals surface area contributed by atoms with E-state index in [1.807, 2.05) is 6.08 Å². The molecule has 0 spiro atoms. The predicted molar refractivity (Wildman–Crippen MR) is 297 cm³/mol. The highest BCUT2D eigenvalue weighted by molar-refractivity contribution is 5.76. The van der Waals surface area contributed by atoms with Crippen molar-refractivity contribution in [1.82, 2.24) is 5.32 Å². The minimum atomic E-state index is -0.842. The molecule has 6 nitrogen and oxygen atoms in total. The summed E-state index contributed by atoms with van der Waals surface area (Å²) < 4.78 is 5.47. The number of nitrogens with one attached hydrogen (secondary N) is 1. The van der Waals surface area contributed by atoms with E-state index in [1.54, 1.807) is 6.08 Å². The van der Waals surface area contributed by atoms with Gasteiger partial charge in [0.25, 0.3) is 0 Å². The van der Waals surface area contributed by atoms with Crippen LogP contribution in [0.1, 0.15) is 348 Å². The zero-order chi connectivity index (χ0) is 49.3. The highest BCUT2D eigenvalue weighted by Crippen LogP contribution is 2.18. The maximum Gasteiger partial charge on any atom is 0.305 e. The Bertz CT molecular complexity index is 1020. The van der Waals surface area contributed by atoms with Crippen LogP contribution in [0.25, 0.3) is 0 Å². The molecule has 0 heterocycles. The number of carbonyl (C=O) groups is 2. The number of hydrogen-bond donors (Lipinski definition) is 3. The Hall–Kier alpha value is -1.40. The molecular weight excluding hydrogens is 839 g/mol. The lowest BCUT2D eigenvalue weighted by molar-refractivity contribution is -0.143. The van der Waals surface area contributed by atoms with Crippen LogP contribution in [-0.4, -0.2) is 47.4 Å². The van der Waals surface area contributed by atoms with E-state index in [9.17, 15) is 19.8 Å². The molecule has 1 amide bonds. The second kappa shape index (κ2) is 58.2. The van der Waals surface area contributed by atoms with Crippen LogP contribution < -0.4 is 5.32 Å². The van der Waals surface area contributed by atoms with Crippen LogP contribution in [0.2, 0.25) is 0 Å². The molecule has 6 heteroatoms. The SMILES string of the molecule is CCCCCCCCCCCCCCCC/C=C/C(O)C(CO)NC(=O)CCCCCCCCCCCCCCCCCCCCCCCCCCOC(=O)CCCCCCCCCCCCC. The van der Waals surface area contributed by atoms with E-state index in [0.717, 1.165) is 38.5 Å². The largest absolute Gasteiger partial charge is 0.466 e. The highest BCUT2D eigenvalue weighted by atomic mass is 16.5. The molecule has 0 aliphatic heterocycles. The molecule has 2 unspecified atom stereocenters. The van der Waals surface area contributed by atoms with Gasteiger partial charge in [-0.05, 0) is 32.1 Å². The number of aliphatic hydroxyl groups excluding tert-OH is 2. The number of esters is 1. The maximum atomic E-state index is 12.5. The minimum Gasteiger partial charge on any atom is -0.466 e. The molecule has 0 bridgehead atoms. The van der Waals surface area contributed by atoms with Crippen molar-refractivity contribution < 1.29 is 24.5 Å². The van der Waals surface area contributed by atoms with Crippen LogP contribution in [0.4, 0.5) is 0 Å². The quantitative estimate of drug-likeness (QED) is 0.0321. The van der Waals surface area contributed by atoms with Crippen molar-refractivity contribution in [3.63, 3.8) is 0 Å². The Morgan fingerprint density at radius 3 is 1.00 bits per heavy atom. The number of amides is 1. The monoisotopic (exact) mass is 960 g/mol. The third-order valence-electron chi connectivity index (χ3n) is 14.6. The number of ether oxygens (including phenoxy) is 1. The van der Waals surface area contributed by atoms with Crippen LogP contribution in [0.5, 0.6) is 0 Å². The molecule has 3 N–H and O–H groups in total. The lowest BCUT2D eigenvalue weighted by Crippen LogP contribution is -2.45. The van der Waals surface area contributed by atoms with E-state index < -0.39 is 12.1 Å². The molecule has 0 aliphatic rings. The fourth-order valence-corrected chi connectivity index (χ4v) is 9.81. The van der Waals surface area contributed by atoms with Gasteiger partial charge in [0.2, 0.25) is 5.91 Å². The summed E-state index contributed by atoms with van der Waals surface area (Å²) in [5.41, 5.74) is 0. The summed E-state index contributed by atoms with van der Waals surface area (Å²) in [7, 11) is 0. The number of carbonyl (C=O) groups excluding carboxylic acids is 2. The third kappa shape index (κ3) is 53.9. The smallest absolute Gasteiger partial charge is 0.305 e. The van der Waals surface area contributed by atoms with Gasteiger partial charge < -0.3 is 20.3 Å². The van der Waals surface area contributed by atoms with Crippen molar-refractivity contribution in [3.8, 4) is 0 Å². The summed E-state index contributed by atoms with van der Waals surface area (Å²) in [6, 6.07) is -0.626. The van der Waals surface area contributed by atoms with Crippen molar-refractivity contribution in [2.24, 2.45) is 0 Å². The maximum absolute atomic E-state index is 12.5. The van der Waals surface area contributed by atoms with Crippen LogP contribution in [0, 0.1) is 0 Å². The second-order valence-electron chi connectivity index (χ2n) is 21.4. The van der Waals surface area contributed by atoms with E-state index in [0.29, 0.717) is 19.4 Å². The normalized spacial score (nSPS) is 12.6. The first-order valence-corrected chi connectivity index (χ1v) is 31.0. The van der Waals surface area contributed by atoms with Crippen LogP contribution in [0.15, 0.2) is 12.2 Å². The number of allylic oxidation sites excluding steroid dienone is 1. The van der Waals surface area contributed by atoms with Crippen molar-refractivity contribution in [2.75, 3.05) is 13.2 Å². The van der Waals surface area contributed by atoms with Gasteiger partial charge in [0, 0.05) is 12.8 Å². The van der Waals surface area contributed by atoms with Gasteiger partial charge in [0.1, 0.15) is 0 Å². The average Bonchev–Trinajstić information content (AvgIpc) is 3.34. The first-order chi connectivity index (χ1) is 33.5. The van der Waals surface area contributed by atoms with Gasteiger partial charge in [0.15, 0.2) is 0 Å². The Morgan fingerprint density at radius 2 is 0.676 bits per heavy atom. The van der Waals surface area contributed by atoms with E-state index in [-0.39, 0.29) is 18.5 Å². The summed E-state index contributed by atoms with van der Waals surface area (Å²) in [6.45, 7) is 4.92. The molecule has 68 heavy (non-hydrogen) atoms. The zero-order valence-corrected chi connectivity index (χ0v) is 46.1. The van der Waals surface area contributed by atoms with Crippen LogP contribution in [-0.2, 0) is 14.3 Å². The zero-order valence-electron chi connectivity index (χ0n) is 46.1. The molecule has 0 saturated carbocycles. The second-order valence-corrected chi connectivity index (χ2v) is 21.4. The Morgan fingerprint density at radius 1 is 0.397 bits per heavy atom. The fourth-order valence-electron chi connectivity index (χ4n) is 9.81. The summed E-state index contributed by atoms with van der Waals surface area (Å²) in [5.74, 6) is -0.0490. The Kier molecular flexibility index (Phi) is 57.0. The molecule has 0 aromatic carbocycles. The van der Waals surface area contributed by atoms with E-state index >= 15 is 0 Å². The van der Waals surface area contributed by atoms with Gasteiger partial charge in [-0.25, -0.2) is 0 Å². The minimum absolute atomic E-state index is 0.0152. The lowest BCUT2D eigenvalue weighted by Gasteiger charge is -2.20. The topological polar surface area (TPSA) is 95.9 Å². The van der Waals surface area contributed by atoms with E-state index in [1.165, 1.54) is 283 Å². The summed E-state index contributed by atoms with van der Waals surface area (Å²) in [6.07, 6.45) is 69.7. The van der Waals surface area contributed by atoms with Crippen molar-refractivity contribution in [2.45, 2.75) is 360 Å². The molecule has 0 saturated heterocycles. The Labute approximate surface area is 425 Å². The molecular formula is C62H121NO5. The van der Waals surface area contributed by atoms with Gasteiger partial charge in [-0.3, -0.25) is 9.59 Å². The number of hydrogen-bond acceptors (Lipinski definition) is 5. The molecule has 0 aliphatic carbocycles. The first-order valence-electron chi connectivity index (χ1n) is 31.0. The third-order valence-corrected chi connectivity index (χ3v) is 14.6. The molecule has 0 radical (unpaired) electrons. The average molecular weight is 961 g/mol. The summed E-state index contributed by atoms with van der Waals surface area (Å²) >= 11 is 0. The molecule has 404 valence electrons. The van der Waals surface area contributed by atoms with Crippen molar-refractivity contribution in [3.05, 3.63) is 12.2 Å². The van der Waals surface area contributed by atoms with E-state index in [2.05, 4.69) is 19.2 Å². The van der Waals surface area contributed by atoms with Gasteiger partial charge in [-0.15, -0.1) is 0 Å².